The zero-order valence-corrected chi connectivity index (χ0v) is 11.0. The van der Waals surface area contributed by atoms with Crippen molar-refractivity contribution >= 4 is 0 Å². The van der Waals surface area contributed by atoms with Gasteiger partial charge >= 0.3 is 0 Å². The van der Waals surface area contributed by atoms with Gasteiger partial charge in [-0.15, -0.1) is 0 Å². The predicted molar refractivity (Wildman–Crippen MR) is 73.4 cm³/mol. The Labute approximate surface area is 112 Å². The zero-order chi connectivity index (χ0) is 13.7. The summed E-state index contributed by atoms with van der Waals surface area (Å²) in [5.74, 6) is -0.255. The molecule has 2 aromatic rings. The number of hydrogen-bond acceptors (Lipinski definition) is 2. The standard InChI is InChI=1S/C16H18FNO/c1-2-12-5-8-15(18-11-12)10-16(19)9-13-3-6-14(17)7-4-13/h3-8,11,16,19H,2,9-10H2,1H3. The molecule has 1 aromatic heterocycles. The topological polar surface area (TPSA) is 33.1 Å². The Bertz CT molecular complexity index is 507. The van der Waals surface area contributed by atoms with E-state index in [0.29, 0.717) is 12.8 Å². The molecule has 1 aromatic carbocycles. The van der Waals surface area contributed by atoms with Gasteiger partial charge in [0.05, 0.1) is 6.10 Å². The maximum atomic E-state index is 12.8. The molecule has 0 bridgehead atoms. The lowest BCUT2D eigenvalue weighted by molar-refractivity contribution is 0.174. The molecule has 0 spiro atoms. The minimum absolute atomic E-state index is 0.255. The van der Waals surface area contributed by atoms with Crippen molar-refractivity contribution < 1.29 is 9.50 Å². The van der Waals surface area contributed by atoms with E-state index in [9.17, 15) is 9.50 Å². The van der Waals surface area contributed by atoms with Crippen LogP contribution in [0.15, 0.2) is 42.6 Å². The van der Waals surface area contributed by atoms with Crippen molar-refractivity contribution in [2.75, 3.05) is 0 Å². The minimum atomic E-state index is -0.495. The number of aliphatic hydroxyl groups excluding tert-OH is 1. The highest BCUT2D eigenvalue weighted by molar-refractivity contribution is 5.18. The second kappa shape index (κ2) is 6.43. The summed E-state index contributed by atoms with van der Waals surface area (Å²) in [7, 11) is 0. The number of pyridine rings is 1. The lowest BCUT2D eigenvalue weighted by Gasteiger charge is -2.10. The lowest BCUT2D eigenvalue weighted by Crippen LogP contribution is -2.14. The monoisotopic (exact) mass is 259 g/mol. The normalized spacial score (nSPS) is 12.4. The first-order valence-electron chi connectivity index (χ1n) is 6.53. The molecule has 0 aliphatic carbocycles. The Morgan fingerprint density at radius 1 is 1.05 bits per heavy atom. The van der Waals surface area contributed by atoms with Gasteiger partial charge in [-0.1, -0.05) is 25.1 Å². The van der Waals surface area contributed by atoms with Gasteiger partial charge in [0.2, 0.25) is 0 Å². The summed E-state index contributed by atoms with van der Waals surface area (Å²) in [6, 6.07) is 10.2. The van der Waals surface area contributed by atoms with Crippen molar-refractivity contribution in [1.82, 2.24) is 4.98 Å². The van der Waals surface area contributed by atoms with Crippen LogP contribution in [0.1, 0.15) is 23.7 Å². The fraction of sp³-hybridized carbons (Fsp3) is 0.312. The summed E-state index contributed by atoms with van der Waals surface area (Å²) in [6.07, 6.45) is 3.34. The molecule has 0 fully saturated rings. The van der Waals surface area contributed by atoms with Gasteiger partial charge in [0.15, 0.2) is 0 Å². The molecule has 0 saturated heterocycles. The van der Waals surface area contributed by atoms with Gasteiger partial charge in [0, 0.05) is 18.3 Å². The lowest BCUT2D eigenvalue weighted by atomic mass is 10.0. The fourth-order valence-electron chi connectivity index (χ4n) is 1.99. The summed E-state index contributed by atoms with van der Waals surface area (Å²) in [6.45, 7) is 2.08. The highest BCUT2D eigenvalue weighted by Crippen LogP contribution is 2.10. The molecular weight excluding hydrogens is 241 g/mol. The maximum absolute atomic E-state index is 12.8. The van der Waals surface area contributed by atoms with Crippen LogP contribution in [0.3, 0.4) is 0 Å². The molecular formula is C16H18FNO. The first-order chi connectivity index (χ1) is 9.17. The highest BCUT2D eigenvalue weighted by atomic mass is 19.1. The molecule has 2 nitrogen and oxygen atoms in total. The van der Waals surface area contributed by atoms with Crippen molar-refractivity contribution in [3.8, 4) is 0 Å². The number of halogens is 1. The highest BCUT2D eigenvalue weighted by Gasteiger charge is 2.08. The van der Waals surface area contributed by atoms with Gasteiger partial charge in [-0.3, -0.25) is 4.98 Å². The van der Waals surface area contributed by atoms with E-state index in [0.717, 1.165) is 17.7 Å². The summed E-state index contributed by atoms with van der Waals surface area (Å²) in [5, 5.41) is 10.0. The second-order valence-electron chi connectivity index (χ2n) is 4.70. The van der Waals surface area contributed by atoms with E-state index >= 15 is 0 Å². The summed E-state index contributed by atoms with van der Waals surface area (Å²) in [5.41, 5.74) is 3.00. The second-order valence-corrected chi connectivity index (χ2v) is 4.70. The molecule has 0 amide bonds. The average molecular weight is 259 g/mol. The Morgan fingerprint density at radius 3 is 2.32 bits per heavy atom. The Kier molecular flexibility index (Phi) is 4.63. The first kappa shape index (κ1) is 13.7. The first-order valence-corrected chi connectivity index (χ1v) is 6.53. The van der Waals surface area contributed by atoms with Gasteiger partial charge in [-0.25, -0.2) is 4.39 Å². The number of nitrogens with zero attached hydrogens (tertiary/aromatic N) is 1. The smallest absolute Gasteiger partial charge is 0.123 e. The van der Waals surface area contributed by atoms with E-state index in [-0.39, 0.29) is 5.82 Å². The maximum Gasteiger partial charge on any atom is 0.123 e. The molecule has 1 atom stereocenters. The summed E-state index contributed by atoms with van der Waals surface area (Å²) in [4.78, 5) is 4.33. The van der Waals surface area contributed by atoms with Crippen LogP contribution >= 0.6 is 0 Å². The molecule has 0 aliphatic rings. The van der Waals surface area contributed by atoms with E-state index in [2.05, 4.69) is 11.9 Å². The van der Waals surface area contributed by atoms with Crippen molar-refractivity contribution in [3.63, 3.8) is 0 Å². The van der Waals surface area contributed by atoms with Crippen LogP contribution in [-0.2, 0) is 19.3 Å². The third-order valence-electron chi connectivity index (χ3n) is 3.12. The summed E-state index contributed by atoms with van der Waals surface area (Å²) >= 11 is 0. The van der Waals surface area contributed by atoms with E-state index in [1.54, 1.807) is 12.1 Å². The molecule has 2 rings (SSSR count). The molecule has 1 heterocycles. The molecule has 19 heavy (non-hydrogen) atoms. The van der Waals surface area contributed by atoms with E-state index in [4.69, 9.17) is 0 Å². The minimum Gasteiger partial charge on any atom is -0.392 e. The van der Waals surface area contributed by atoms with Crippen LogP contribution in [0.5, 0.6) is 0 Å². The van der Waals surface area contributed by atoms with Crippen LogP contribution in [0.4, 0.5) is 4.39 Å². The van der Waals surface area contributed by atoms with E-state index in [1.165, 1.54) is 17.7 Å². The molecule has 1 N–H and O–H groups in total. The zero-order valence-electron chi connectivity index (χ0n) is 11.0. The molecule has 0 radical (unpaired) electrons. The van der Waals surface area contributed by atoms with Crippen LogP contribution in [-0.4, -0.2) is 16.2 Å². The average Bonchev–Trinajstić information content (AvgIpc) is 2.42. The van der Waals surface area contributed by atoms with Crippen LogP contribution in [0.2, 0.25) is 0 Å². The molecule has 3 heteroatoms. The number of aromatic nitrogens is 1. The Hall–Kier alpha value is -1.74. The van der Waals surface area contributed by atoms with Gasteiger partial charge in [0.1, 0.15) is 5.82 Å². The van der Waals surface area contributed by atoms with Gasteiger partial charge in [-0.05, 0) is 42.2 Å². The van der Waals surface area contributed by atoms with Gasteiger partial charge < -0.3 is 5.11 Å². The number of hydrogen-bond donors (Lipinski definition) is 1. The molecule has 0 aliphatic heterocycles. The van der Waals surface area contributed by atoms with E-state index < -0.39 is 6.10 Å². The van der Waals surface area contributed by atoms with Crippen molar-refractivity contribution in [2.24, 2.45) is 0 Å². The predicted octanol–water partition coefficient (Wildman–Crippen LogP) is 2.93. The van der Waals surface area contributed by atoms with Crippen LogP contribution < -0.4 is 0 Å². The van der Waals surface area contributed by atoms with Crippen molar-refractivity contribution in [2.45, 2.75) is 32.3 Å². The number of aliphatic hydroxyl groups is 1. The van der Waals surface area contributed by atoms with E-state index in [1.807, 2.05) is 18.3 Å². The third kappa shape index (κ3) is 4.14. The number of rotatable bonds is 5. The molecule has 0 saturated carbocycles. The Balaban J connectivity index is 1.92. The number of aryl methyl sites for hydroxylation is 1. The fourth-order valence-corrected chi connectivity index (χ4v) is 1.99. The SMILES string of the molecule is CCc1ccc(CC(O)Cc2ccc(F)cc2)nc1. The van der Waals surface area contributed by atoms with Gasteiger partial charge in [0.25, 0.3) is 0 Å². The van der Waals surface area contributed by atoms with Gasteiger partial charge in [-0.2, -0.15) is 0 Å². The third-order valence-corrected chi connectivity index (χ3v) is 3.12. The van der Waals surface area contributed by atoms with Crippen molar-refractivity contribution in [3.05, 3.63) is 65.2 Å². The largest absolute Gasteiger partial charge is 0.392 e. The number of benzene rings is 1. The molecule has 100 valence electrons. The quantitative estimate of drug-likeness (QED) is 0.895. The van der Waals surface area contributed by atoms with Crippen molar-refractivity contribution in [1.29, 1.82) is 0 Å². The Morgan fingerprint density at radius 2 is 1.74 bits per heavy atom. The van der Waals surface area contributed by atoms with Crippen LogP contribution in [0.25, 0.3) is 0 Å². The van der Waals surface area contributed by atoms with Crippen LogP contribution in [0, 0.1) is 5.82 Å². The summed E-state index contributed by atoms with van der Waals surface area (Å²) < 4.78 is 12.8. The molecule has 1 unspecified atom stereocenters.